The molecule has 0 saturated heterocycles. The van der Waals surface area contributed by atoms with Crippen LogP contribution in [0.15, 0.2) is 35.2 Å². The number of hydrogen-bond donors (Lipinski definition) is 0. The molecule has 0 saturated carbocycles. The van der Waals surface area contributed by atoms with Crippen LogP contribution in [-0.4, -0.2) is 11.6 Å². The minimum Gasteiger partial charge on any atom is -0.289 e. The van der Waals surface area contributed by atoms with Crippen molar-refractivity contribution in [3.05, 3.63) is 52.6 Å². The zero-order valence-electron chi connectivity index (χ0n) is 7.32. The molecule has 1 aromatic carbocycles. The van der Waals surface area contributed by atoms with E-state index in [4.69, 9.17) is 0 Å². The van der Waals surface area contributed by atoms with E-state index in [1.54, 1.807) is 24.3 Å². The number of Topliss-reactive ketones (excluding diaryl/α,β-unsaturated/α-hetero) is 1. The number of thioether (sulfide) groups is 1. The molecule has 1 aromatic rings. The van der Waals surface area contributed by atoms with Gasteiger partial charge in [-0.05, 0) is 0 Å². The van der Waals surface area contributed by atoms with E-state index in [1.807, 2.05) is 0 Å². The fraction of sp³-hybridized carbons (Fsp3) is 0. The number of carbonyl (C=O) groups excluding carboxylic acids is 2. The number of fused-ring (bicyclic) bond motifs is 1. The SMILES string of the molecule is [CH2]SC1=CC(=O)c2ccccc2C1=O. The number of ketones is 2. The van der Waals surface area contributed by atoms with Crippen LogP contribution in [0.4, 0.5) is 0 Å². The van der Waals surface area contributed by atoms with Crippen LogP contribution in [0.25, 0.3) is 0 Å². The minimum atomic E-state index is -0.119. The standard InChI is InChI=1S/C11H7O2S/c1-14-10-6-9(12)7-4-2-3-5-8(7)11(10)13/h2-6H,1H2. The van der Waals surface area contributed by atoms with Crippen molar-refractivity contribution < 1.29 is 9.59 Å². The third kappa shape index (κ3) is 1.30. The molecule has 0 spiro atoms. The molecule has 0 heterocycles. The maximum Gasteiger partial charge on any atom is 0.200 e. The summed E-state index contributed by atoms with van der Waals surface area (Å²) in [5.41, 5.74) is 0.960. The summed E-state index contributed by atoms with van der Waals surface area (Å²) in [6.07, 6.45) is 4.89. The minimum absolute atomic E-state index is 0.111. The maximum absolute atomic E-state index is 11.7. The van der Waals surface area contributed by atoms with Gasteiger partial charge in [0, 0.05) is 23.5 Å². The Labute approximate surface area is 86.0 Å². The molecule has 0 fully saturated rings. The molecular formula is C11H7O2S. The van der Waals surface area contributed by atoms with Gasteiger partial charge < -0.3 is 0 Å². The predicted octanol–water partition coefficient (Wildman–Crippen LogP) is 2.47. The predicted molar refractivity (Wildman–Crippen MR) is 56.1 cm³/mol. The zero-order chi connectivity index (χ0) is 10.1. The van der Waals surface area contributed by atoms with Gasteiger partial charge in [0.25, 0.3) is 0 Å². The highest BCUT2D eigenvalue weighted by Crippen LogP contribution is 2.26. The van der Waals surface area contributed by atoms with Crippen LogP contribution in [0.5, 0.6) is 0 Å². The Morgan fingerprint density at radius 3 is 2.36 bits per heavy atom. The van der Waals surface area contributed by atoms with Crippen LogP contribution in [0.2, 0.25) is 0 Å². The average molecular weight is 203 g/mol. The molecule has 1 radical (unpaired) electrons. The average Bonchev–Trinajstić information content (AvgIpc) is 2.23. The smallest absolute Gasteiger partial charge is 0.200 e. The summed E-state index contributed by atoms with van der Waals surface area (Å²) in [7, 11) is 0. The molecule has 0 unspecified atom stereocenters. The molecule has 0 N–H and O–H groups in total. The Bertz CT molecular complexity index is 446. The summed E-state index contributed by atoms with van der Waals surface area (Å²) in [5, 5.41) is 0. The van der Waals surface area contributed by atoms with Crippen molar-refractivity contribution in [2.75, 3.05) is 0 Å². The highest BCUT2D eigenvalue weighted by Gasteiger charge is 2.23. The summed E-state index contributed by atoms with van der Waals surface area (Å²) in [6, 6.07) is 6.83. The van der Waals surface area contributed by atoms with E-state index in [2.05, 4.69) is 6.26 Å². The van der Waals surface area contributed by atoms with E-state index in [1.165, 1.54) is 6.08 Å². The quantitative estimate of drug-likeness (QED) is 0.703. The van der Waals surface area contributed by atoms with E-state index in [9.17, 15) is 9.59 Å². The van der Waals surface area contributed by atoms with Crippen molar-refractivity contribution in [2.24, 2.45) is 0 Å². The Balaban J connectivity index is 2.61. The van der Waals surface area contributed by atoms with Gasteiger partial charge in [-0.3, -0.25) is 9.59 Å². The number of rotatable bonds is 1. The molecule has 0 amide bonds. The number of benzene rings is 1. The van der Waals surface area contributed by atoms with Crippen molar-refractivity contribution in [3.63, 3.8) is 0 Å². The fourth-order valence-corrected chi connectivity index (χ4v) is 1.83. The van der Waals surface area contributed by atoms with E-state index in [-0.39, 0.29) is 11.6 Å². The highest BCUT2D eigenvalue weighted by molar-refractivity contribution is 8.05. The summed E-state index contributed by atoms with van der Waals surface area (Å²) in [6.45, 7) is 0. The molecule has 69 valence electrons. The summed E-state index contributed by atoms with van der Waals surface area (Å²) in [5.74, 6) is -0.230. The highest BCUT2D eigenvalue weighted by atomic mass is 32.2. The van der Waals surface area contributed by atoms with Crippen LogP contribution >= 0.6 is 11.8 Å². The van der Waals surface area contributed by atoms with E-state index >= 15 is 0 Å². The fourth-order valence-electron chi connectivity index (χ4n) is 1.40. The Kier molecular flexibility index (Phi) is 2.25. The molecule has 2 rings (SSSR count). The molecule has 0 aliphatic heterocycles. The largest absolute Gasteiger partial charge is 0.289 e. The first-order valence-corrected chi connectivity index (χ1v) is 5.04. The molecule has 0 atom stereocenters. The van der Waals surface area contributed by atoms with Crippen LogP contribution in [0, 0.1) is 6.26 Å². The second-order valence-corrected chi connectivity index (χ2v) is 3.62. The van der Waals surface area contributed by atoms with Crippen LogP contribution in [-0.2, 0) is 0 Å². The lowest BCUT2D eigenvalue weighted by Gasteiger charge is -2.12. The van der Waals surface area contributed by atoms with Gasteiger partial charge in [-0.1, -0.05) is 24.3 Å². The molecule has 1 aliphatic carbocycles. The van der Waals surface area contributed by atoms with Crippen LogP contribution in [0.3, 0.4) is 0 Å². The monoisotopic (exact) mass is 203 g/mol. The van der Waals surface area contributed by atoms with Crippen molar-refractivity contribution >= 4 is 23.3 Å². The van der Waals surface area contributed by atoms with Crippen molar-refractivity contribution in [1.82, 2.24) is 0 Å². The first-order chi connectivity index (χ1) is 6.74. The topological polar surface area (TPSA) is 34.1 Å². The lowest BCUT2D eigenvalue weighted by molar-refractivity contribution is 0.0991. The summed E-state index contributed by atoms with van der Waals surface area (Å²) < 4.78 is 0. The second kappa shape index (κ2) is 3.42. The normalized spacial score (nSPS) is 15.1. The number of allylic oxidation sites excluding steroid dienone is 2. The molecule has 0 bridgehead atoms. The van der Waals surface area contributed by atoms with Gasteiger partial charge in [-0.15, -0.1) is 11.8 Å². The van der Waals surface area contributed by atoms with E-state index < -0.39 is 0 Å². The summed E-state index contributed by atoms with van der Waals surface area (Å²) in [4.78, 5) is 23.7. The van der Waals surface area contributed by atoms with Crippen LogP contribution in [0.1, 0.15) is 20.7 Å². The number of hydrogen-bond acceptors (Lipinski definition) is 3. The Morgan fingerprint density at radius 2 is 1.71 bits per heavy atom. The molecule has 3 heteroatoms. The lowest BCUT2D eigenvalue weighted by atomic mass is 9.95. The van der Waals surface area contributed by atoms with Gasteiger partial charge in [0.1, 0.15) is 0 Å². The van der Waals surface area contributed by atoms with Crippen molar-refractivity contribution in [1.29, 1.82) is 0 Å². The molecule has 2 nitrogen and oxygen atoms in total. The van der Waals surface area contributed by atoms with Gasteiger partial charge in [0.05, 0.1) is 4.91 Å². The Morgan fingerprint density at radius 1 is 1.07 bits per heavy atom. The third-order valence-corrected chi connectivity index (χ3v) is 2.69. The Hall–Kier alpha value is -1.35. The lowest BCUT2D eigenvalue weighted by Crippen LogP contribution is -2.14. The van der Waals surface area contributed by atoms with Gasteiger partial charge in [0.2, 0.25) is 0 Å². The van der Waals surface area contributed by atoms with Crippen molar-refractivity contribution in [3.8, 4) is 0 Å². The van der Waals surface area contributed by atoms with Crippen molar-refractivity contribution in [2.45, 2.75) is 0 Å². The zero-order valence-corrected chi connectivity index (χ0v) is 8.14. The molecule has 1 aliphatic rings. The molecule has 0 aromatic heterocycles. The third-order valence-electron chi connectivity index (χ3n) is 2.08. The maximum atomic E-state index is 11.7. The van der Waals surface area contributed by atoms with Crippen LogP contribution < -0.4 is 0 Å². The molecule has 14 heavy (non-hydrogen) atoms. The van der Waals surface area contributed by atoms with E-state index in [0.29, 0.717) is 16.0 Å². The summed E-state index contributed by atoms with van der Waals surface area (Å²) >= 11 is 1.06. The number of carbonyl (C=O) groups is 2. The van der Waals surface area contributed by atoms with Gasteiger partial charge in [-0.2, -0.15) is 0 Å². The van der Waals surface area contributed by atoms with Gasteiger partial charge >= 0.3 is 0 Å². The van der Waals surface area contributed by atoms with Gasteiger partial charge in [0.15, 0.2) is 11.6 Å². The molecular weight excluding hydrogens is 196 g/mol. The first-order valence-electron chi connectivity index (χ1n) is 4.06. The first kappa shape index (κ1) is 9.21. The van der Waals surface area contributed by atoms with Gasteiger partial charge in [-0.25, -0.2) is 0 Å². The second-order valence-electron chi connectivity index (χ2n) is 2.89. The van der Waals surface area contributed by atoms with E-state index in [0.717, 1.165) is 11.8 Å².